The SMILES string of the molecule is CCCCCCCc1cc2c(cc1CCCCCCC)C(=O)c1ccccc1C2=O. The second kappa shape index (κ2) is 11.2. The van der Waals surface area contributed by atoms with Gasteiger partial charge in [0.15, 0.2) is 11.6 Å². The molecule has 160 valence electrons. The van der Waals surface area contributed by atoms with Crippen molar-refractivity contribution in [1.29, 1.82) is 0 Å². The van der Waals surface area contributed by atoms with Crippen molar-refractivity contribution < 1.29 is 9.59 Å². The normalized spacial score (nSPS) is 12.7. The van der Waals surface area contributed by atoms with Crippen LogP contribution < -0.4 is 0 Å². The predicted octanol–water partition coefficient (Wildman–Crippen LogP) is 7.49. The lowest BCUT2D eigenvalue weighted by Gasteiger charge is -2.21. The van der Waals surface area contributed by atoms with Gasteiger partial charge in [-0.25, -0.2) is 0 Å². The Kier molecular flexibility index (Phi) is 8.42. The lowest BCUT2D eigenvalue weighted by molar-refractivity contribution is 0.0979. The molecule has 1 aliphatic rings. The summed E-state index contributed by atoms with van der Waals surface area (Å²) in [5.74, 6) is 0.00357. The van der Waals surface area contributed by atoms with Gasteiger partial charge in [0, 0.05) is 22.3 Å². The Bertz CT molecular complexity index is 806. The second-order valence-electron chi connectivity index (χ2n) is 8.70. The molecule has 2 aromatic carbocycles. The standard InChI is InChI=1S/C28H36O2/c1-3-5-7-9-11-15-21-19-25-26(20-22(21)16-12-10-8-6-4-2)28(30)24-18-14-13-17-23(24)27(25)29/h13-14,17-20H,3-12,15-16H2,1-2H3. The molecule has 0 amide bonds. The first-order valence-corrected chi connectivity index (χ1v) is 12.0. The van der Waals surface area contributed by atoms with Crippen molar-refractivity contribution in [3.8, 4) is 0 Å². The number of hydrogen-bond acceptors (Lipinski definition) is 2. The van der Waals surface area contributed by atoms with Gasteiger partial charge >= 0.3 is 0 Å². The van der Waals surface area contributed by atoms with Crippen LogP contribution >= 0.6 is 0 Å². The third-order valence-corrected chi connectivity index (χ3v) is 6.34. The number of carbonyl (C=O) groups excluding carboxylic acids is 2. The topological polar surface area (TPSA) is 34.1 Å². The van der Waals surface area contributed by atoms with Crippen LogP contribution in [0.4, 0.5) is 0 Å². The van der Waals surface area contributed by atoms with Gasteiger partial charge in [-0.05, 0) is 48.9 Å². The fourth-order valence-electron chi connectivity index (χ4n) is 4.54. The van der Waals surface area contributed by atoms with Gasteiger partial charge in [0.25, 0.3) is 0 Å². The van der Waals surface area contributed by atoms with E-state index >= 15 is 0 Å². The maximum atomic E-state index is 13.1. The van der Waals surface area contributed by atoms with Crippen molar-refractivity contribution in [2.45, 2.75) is 90.9 Å². The molecule has 30 heavy (non-hydrogen) atoms. The van der Waals surface area contributed by atoms with E-state index in [9.17, 15) is 9.59 Å². The minimum absolute atomic E-state index is 0.00179. The van der Waals surface area contributed by atoms with Crippen molar-refractivity contribution in [3.63, 3.8) is 0 Å². The smallest absolute Gasteiger partial charge is 0.194 e. The van der Waals surface area contributed by atoms with E-state index in [2.05, 4.69) is 13.8 Å². The summed E-state index contributed by atoms with van der Waals surface area (Å²) < 4.78 is 0. The van der Waals surface area contributed by atoms with Gasteiger partial charge in [-0.15, -0.1) is 0 Å². The fourth-order valence-corrected chi connectivity index (χ4v) is 4.54. The molecule has 0 N–H and O–H groups in total. The summed E-state index contributed by atoms with van der Waals surface area (Å²) in [6.45, 7) is 4.47. The largest absolute Gasteiger partial charge is 0.289 e. The lowest BCUT2D eigenvalue weighted by Crippen LogP contribution is -2.21. The molecular formula is C28H36O2. The number of rotatable bonds is 12. The van der Waals surface area contributed by atoms with Gasteiger partial charge < -0.3 is 0 Å². The van der Waals surface area contributed by atoms with Crippen molar-refractivity contribution in [2.75, 3.05) is 0 Å². The number of fused-ring (bicyclic) bond motifs is 2. The maximum absolute atomic E-state index is 13.1. The van der Waals surface area contributed by atoms with Gasteiger partial charge in [0.05, 0.1) is 0 Å². The van der Waals surface area contributed by atoms with E-state index in [0.717, 1.165) is 25.7 Å². The number of hydrogen-bond donors (Lipinski definition) is 0. The van der Waals surface area contributed by atoms with E-state index in [1.54, 1.807) is 12.1 Å². The van der Waals surface area contributed by atoms with E-state index in [-0.39, 0.29) is 11.6 Å². The molecular weight excluding hydrogens is 368 g/mol. The van der Waals surface area contributed by atoms with E-state index in [1.807, 2.05) is 24.3 Å². The summed E-state index contributed by atoms with van der Waals surface area (Å²) in [6, 6.07) is 11.3. The Hall–Kier alpha value is -2.22. The zero-order valence-electron chi connectivity index (χ0n) is 18.8. The zero-order chi connectivity index (χ0) is 21.3. The van der Waals surface area contributed by atoms with Crippen LogP contribution in [-0.4, -0.2) is 11.6 Å². The molecule has 0 atom stereocenters. The van der Waals surface area contributed by atoms with Crippen molar-refractivity contribution in [3.05, 3.63) is 69.8 Å². The third kappa shape index (κ3) is 5.28. The summed E-state index contributed by atoms with van der Waals surface area (Å²) in [6.07, 6.45) is 14.4. The monoisotopic (exact) mass is 404 g/mol. The molecule has 0 fully saturated rings. The fraction of sp³-hybridized carbons (Fsp3) is 0.500. The Labute approximate surface area is 182 Å². The number of unbranched alkanes of at least 4 members (excludes halogenated alkanes) is 8. The average Bonchev–Trinajstić information content (AvgIpc) is 2.77. The summed E-state index contributed by atoms with van der Waals surface area (Å²) in [5.41, 5.74) is 4.88. The highest BCUT2D eigenvalue weighted by Crippen LogP contribution is 2.31. The minimum Gasteiger partial charge on any atom is -0.289 e. The zero-order valence-corrected chi connectivity index (χ0v) is 18.8. The number of ketones is 2. The summed E-state index contributed by atoms with van der Waals surface area (Å²) >= 11 is 0. The van der Waals surface area contributed by atoms with Crippen molar-refractivity contribution >= 4 is 11.6 Å². The van der Waals surface area contributed by atoms with Crippen LogP contribution in [0.25, 0.3) is 0 Å². The summed E-state index contributed by atoms with van der Waals surface area (Å²) in [4.78, 5) is 26.2. The number of aryl methyl sites for hydroxylation is 2. The first kappa shape index (κ1) is 22.5. The molecule has 2 heteroatoms. The van der Waals surface area contributed by atoms with E-state index in [4.69, 9.17) is 0 Å². The number of benzene rings is 2. The predicted molar refractivity (Wildman–Crippen MR) is 125 cm³/mol. The summed E-state index contributed by atoms with van der Waals surface area (Å²) in [7, 11) is 0. The number of carbonyl (C=O) groups is 2. The van der Waals surface area contributed by atoms with Crippen LogP contribution in [0, 0.1) is 0 Å². The van der Waals surface area contributed by atoms with Gasteiger partial charge in [-0.2, -0.15) is 0 Å². The van der Waals surface area contributed by atoms with Gasteiger partial charge in [0.1, 0.15) is 0 Å². The van der Waals surface area contributed by atoms with Gasteiger partial charge in [-0.3, -0.25) is 9.59 Å². The summed E-state index contributed by atoms with van der Waals surface area (Å²) in [5, 5.41) is 0. The van der Waals surface area contributed by atoms with Crippen molar-refractivity contribution in [1.82, 2.24) is 0 Å². The van der Waals surface area contributed by atoms with Gasteiger partial charge in [-0.1, -0.05) is 89.5 Å². The Balaban J connectivity index is 1.84. The molecule has 0 aromatic heterocycles. The molecule has 2 nitrogen and oxygen atoms in total. The van der Waals surface area contributed by atoms with E-state index in [1.165, 1.54) is 62.5 Å². The van der Waals surface area contributed by atoms with Crippen LogP contribution in [-0.2, 0) is 12.8 Å². The Morgan fingerprint density at radius 3 is 1.33 bits per heavy atom. The highest BCUT2D eigenvalue weighted by molar-refractivity contribution is 6.28. The molecule has 3 rings (SSSR count). The van der Waals surface area contributed by atoms with Crippen LogP contribution in [0.2, 0.25) is 0 Å². The maximum Gasteiger partial charge on any atom is 0.194 e. The lowest BCUT2D eigenvalue weighted by atomic mass is 9.81. The van der Waals surface area contributed by atoms with Gasteiger partial charge in [0.2, 0.25) is 0 Å². The highest BCUT2D eigenvalue weighted by atomic mass is 16.1. The minimum atomic E-state index is 0.00179. The molecule has 0 aliphatic heterocycles. The van der Waals surface area contributed by atoms with Crippen LogP contribution in [0.5, 0.6) is 0 Å². The molecule has 0 saturated heterocycles. The van der Waals surface area contributed by atoms with Crippen molar-refractivity contribution in [2.24, 2.45) is 0 Å². The first-order chi connectivity index (χ1) is 14.7. The molecule has 2 aromatic rings. The third-order valence-electron chi connectivity index (χ3n) is 6.34. The first-order valence-electron chi connectivity index (χ1n) is 12.0. The van der Waals surface area contributed by atoms with E-state index < -0.39 is 0 Å². The van der Waals surface area contributed by atoms with Crippen LogP contribution in [0.15, 0.2) is 36.4 Å². The second-order valence-corrected chi connectivity index (χ2v) is 8.70. The molecule has 0 saturated carbocycles. The highest BCUT2D eigenvalue weighted by Gasteiger charge is 2.30. The molecule has 0 spiro atoms. The average molecular weight is 405 g/mol. The molecule has 1 aliphatic carbocycles. The quantitative estimate of drug-likeness (QED) is 0.293. The Morgan fingerprint density at radius 2 is 0.933 bits per heavy atom. The van der Waals surface area contributed by atoms with Crippen LogP contribution in [0.3, 0.4) is 0 Å². The molecule has 0 unspecified atom stereocenters. The van der Waals surface area contributed by atoms with E-state index in [0.29, 0.717) is 22.3 Å². The van der Waals surface area contributed by atoms with Crippen LogP contribution in [0.1, 0.15) is 121 Å². The molecule has 0 radical (unpaired) electrons. The Morgan fingerprint density at radius 1 is 0.533 bits per heavy atom. The molecule has 0 heterocycles. The molecule has 0 bridgehead atoms.